The van der Waals surface area contributed by atoms with Gasteiger partial charge in [0, 0.05) is 23.7 Å². The fourth-order valence-corrected chi connectivity index (χ4v) is 2.40. The molecule has 5 nitrogen and oxygen atoms in total. The SMILES string of the molecule is CSc1cccc(Nc2cc(C)n(C)n2)c1C(=O)O. The molecule has 0 unspecified atom stereocenters. The van der Waals surface area contributed by atoms with Crippen LogP contribution in [0, 0.1) is 6.92 Å². The first-order valence-corrected chi connectivity index (χ1v) is 6.93. The molecule has 0 spiro atoms. The Morgan fingerprint density at radius 1 is 1.47 bits per heavy atom. The normalized spacial score (nSPS) is 10.5. The number of nitrogens with zero attached hydrogens (tertiary/aromatic N) is 2. The minimum atomic E-state index is -0.944. The molecule has 0 aliphatic rings. The fourth-order valence-electron chi connectivity index (χ4n) is 1.79. The Balaban J connectivity index is 2.42. The number of benzene rings is 1. The Hall–Kier alpha value is -1.95. The summed E-state index contributed by atoms with van der Waals surface area (Å²) in [5, 5.41) is 16.7. The molecule has 2 N–H and O–H groups in total. The van der Waals surface area contributed by atoms with Gasteiger partial charge in [0.25, 0.3) is 0 Å². The zero-order chi connectivity index (χ0) is 14.0. The number of carboxylic acids is 1. The van der Waals surface area contributed by atoms with E-state index in [1.54, 1.807) is 16.8 Å². The highest BCUT2D eigenvalue weighted by molar-refractivity contribution is 7.98. The van der Waals surface area contributed by atoms with Crippen LogP contribution in [0.15, 0.2) is 29.2 Å². The number of carbonyl (C=O) groups is 1. The van der Waals surface area contributed by atoms with Crippen molar-refractivity contribution < 1.29 is 9.90 Å². The van der Waals surface area contributed by atoms with Crippen LogP contribution in [0.4, 0.5) is 11.5 Å². The maximum atomic E-state index is 11.4. The molecule has 100 valence electrons. The highest BCUT2D eigenvalue weighted by Gasteiger charge is 2.15. The van der Waals surface area contributed by atoms with Crippen LogP contribution in [-0.4, -0.2) is 27.1 Å². The van der Waals surface area contributed by atoms with Gasteiger partial charge in [0.1, 0.15) is 0 Å². The molecule has 0 radical (unpaired) electrons. The number of aryl methyl sites for hydroxylation is 2. The van der Waals surface area contributed by atoms with Gasteiger partial charge < -0.3 is 10.4 Å². The lowest BCUT2D eigenvalue weighted by atomic mass is 10.2. The summed E-state index contributed by atoms with van der Waals surface area (Å²) in [7, 11) is 1.84. The molecule has 0 aliphatic heterocycles. The van der Waals surface area contributed by atoms with E-state index < -0.39 is 5.97 Å². The molecule has 0 aliphatic carbocycles. The molecule has 0 saturated heterocycles. The number of aromatic carboxylic acids is 1. The van der Waals surface area contributed by atoms with Crippen molar-refractivity contribution in [3.63, 3.8) is 0 Å². The molecule has 0 amide bonds. The lowest BCUT2D eigenvalue weighted by Gasteiger charge is -2.10. The third-order valence-corrected chi connectivity index (χ3v) is 3.62. The first-order chi connectivity index (χ1) is 9.02. The van der Waals surface area contributed by atoms with Crippen molar-refractivity contribution in [1.29, 1.82) is 0 Å². The topological polar surface area (TPSA) is 67.2 Å². The third-order valence-electron chi connectivity index (χ3n) is 2.84. The van der Waals surface area contributed by atoms with E-state index in [2.05, 4.69) is 10.4 Å². The molecule has 19 heavy (non-hydrogen) atoms. The van der Waals surface area contributed by atoms with E-state index in [0.717, 1.165) is 10.6 Å². The molecule has 1 aromatic carbocycles. The zero-order valence-electron chi connectivity index (χ0n) is 11.0. The Labute approximate surface area is 115 Å². The van der Waals surface area contributed by atoms with Crippen molar-refractivity contribution >= 4 is 29.2 Å². The summed E-state index contributed by atoms with van der Waals surface area (Å²) in [6, 6.07) is 7.24. The molecular formula is C13H15N3O2S. The molecule has 1 heterocycles. The second-order valence-electron chi connectivity index (χ2n) is 4.11. The second kappa shape index (κ2) is 5.36. The van der Waals surface area contributed by atoms with Gasteiger partial charge in [-0.1, -0.05) is 6.07 Å². The number of hydrogen-bond acceptors (Lipinski definition) is 4. The largest absolute Gasteiger partial charge is 0.478 e. The van der Waals surface area contributed by atoms with Crippen LogP contribution in [0.5, 0.6) is 0 Å². The lowest BCUT2D eigenvalue weighted by molar-refractivity contribution is 0.0694. The third kappa shape index (κ3) is 2.73. The summed E-state index contributed by atoms with van der Waals surface area (Å²) in [6.07, 6.45) is 1.86. The average Bonchev–Trinajstić information content (AvgIpc) is 2.67. The van der Waals surface area contributed by atoms with Crippen LogP contribution in [0.1, 0.15) is 16.1 Å². The maximum absolute atomic E-state index is 11.4. The predicted molar refractivity (Wildman–Crippen MR) is 76.4 cm³/mol. The molecule has 6 heteroatoms. The minimum Gasteiger partial charge on any atom is -0.478 e. The van der Waals surface area contributed by atoms with Gasteiger partial charge in [-0.15, -0.1) is 11.8 Å². The number of thioether (sulfide) groups is 1. The maximum Gasteiger partial charge on any atom is 0.338 e. The van der Waals surface area contributed by atoms with E-state index in [0.29, 0.717) is 11.5 Å². The molecule has 0 fully saturated rings. The molecular weight excluding hydrogens is 262 g/mol. The highest BCUT2D eigenvalue weighted by Crippen LogP contribution is 2.29. The fraction of sp³-hybridized carbons (Fsp3) is 0.231. The lowest BCUT2D eigenvalue weighted by Crippen LogP contribution is -2.05. The smallest absolute Gasteiger partial charge is 0.338 e. The van der Waals surface area contributed by atoms with E-state index >= 15 is 0 Å². The number of carboxylic acid groups (broad SMARTS) is 1. The number of nitrogens with one attached hydrogen (secondary N) is 1. The summed E-state index contributed by atoms with van der Waals surface area (Å²) in [5.74, 6) is -0.305. The van der Waals surface area contributed by atoms with Crippen molar-refractivity contribution in [2.45, 2.75) is 11.8 Å². The van der Waals surface area contributed by atoms with E-state index in [1.807, 2.05) is 32.4 Å². The van der Waals surface area contributed by atoms with Crippen molar-refractivity contribution in [2.24, 2.45) is 7.05 Å². The van der Waals surface area contributed by atoms with Gasteiger partial charge >= 0.3 is 5.97 Å². The van der Waals surface area contributed by atoms with Crippen LogP contribution in [0.2, 0.25) is 0 Å². The second-order valence-corrected chi connectivity index (χ2v) is 4.96. The van der Waals surface area contributed by atoms with Crippen LogP contribution in [-0.2, 0) is 7.05 Å². The predicted octanol–water partition coefficient (Wildman–Crippen LogP) is 2.89. The summed E-state index contributed by atoms with van der Waals surface area (Å²) in [6.45, 7) is 1.94. The summed E-state index contributed by atoms with van der Waals surface area (Å²) in [4.78, 5) is 12.1. The van der Waals surface area contributed by atoms with Gasteiger partial charge in [0.2, 0.25) is 0 Å². The van der Waals surface area contributed by atoms with Crippen molar-refractivity contribution in [3.05, 3.63) is 35.5 Å². The van der Waals surface area contributed by atoms with Crippen molar-refractivity contribution in [3.8, 4) is 0 Å². The zero-order valence-corrected chi connectivity index (χ0v) is 11.8. The van der Waals surface area contributed by atoms with Gasteiger partial charge in [0.05, 0.1) is 11.3 Å². The van der Waals surface area contributed by atoms with Gasteiger partial charge in [-0.3, -0.25) is 4.68 Å². The highest BCUT2D eigenvalue weighted by atomic mass is 32.2. The average molecular weight is 277 g/mol. The molecule has 0 saturated carbocycles. The molecule has 0 bridgehead atoms. The van der Waals surface area contributed by atoms with E-state index in [-0.39, 0.29) is 5.56 Å². The number of rotatable bonds is 4. The first-order valence-electron chi connectivity index (χ1n) is 5.71. The van der Waals surface area contributed by atoms with Crippen molar-refractivity contribution in [2.75, 3.05) is 11.6 Å². The molecule has 2 aromatic rings. The monoisotopic (exact) mass is 277 g/mol. The standard InChI is InChI=1S/C13H15N3O2S/c1-8-7-11(15-16(8)2)14-9-5-4-6-10(19-3)12(9)13(17)18/h4-7H,1-3H3,(H,14,15)(H,17,18). The molecule has 0 atom stereocenters. The van der Waals surface area contributed by atoms with Crippen LogP contribution >= 0.6 is 11.8 Å². The van der Waals surface area contributed by atoms with Crippen molar-refractivity contribution in [1.82, 2.24) is 9.78 Å². The summed E-state index contributed by atoms with van der Waals surface area (Å²) < 4.78 is 1.74. The van der Waals surface area contributed by atoms with Gasteiger partial charge in [-0.05, 0) is 25.3 Å². The van der Waals surface area contributed by atoms with Gasteiger partial charge in [-0.2, -0.15) is 5.10 Å². The number of aromatic nitrogens is 2. The van der Waals surface area contributed by atoms with E-state index in [1.165, 1.54) is 11.8 Å². The van der Waals surface area contributed by atoms with Gasteiger partial charge in [-0.25, -0.2) is 4.79 Å². The Morgan fingerprint density at radius 3 is 2.74 bits per heavy atom. The minimum absolute atomic E-state index is 0.276. The molecule has 1 aromatic heterocycles. The van der Waals surface area contributed by atoms with E-state index in [9.17, 15) is 9.90 Å². The number of hydrogen-bond donors (Lipinski definition) is 2. The summed E-state index contributed by atoms with van der Waals surface area (Å²) >= 11 is 1.41. The Bertz CT molecular complexity index is 603. The quantitative estimate of drug-likeness (QED) is 0.841. The number of anilines is 2. The summed E-state index contributed by atoms with van der Waals surface area (Å²) in [5.41, 5.74) is 1.83. The van der Waals surface area contributed by atoms with Gasteiger partial charge in [0.15, 0.2) is 5.82 Å². The first kappa shape index (κ1) is 13.5. The van der Waals surface area contributed by atoms with Crippen LogP contribution < -0.4 is 5.32 Å². The molecule has 2 rings (SSSR count). The Kier molecular flexibility index (Phi) is 3.80. The van der Waals surface area contributed by atoms with Crippen LogP contribution in [0.3, 0.4) is 0 Å². The van der Waals surface area contributed by atoms with E-state index in [4.69, 9.17) is 0 Å². The Morgan fingerprint density at radius 2 is 2.21 bits per heavy atom. The van der Waals surface area contributed by atoms with Crippen LogP contribution in [0.25, 0.3) is 0 Å².